The molecule has 2 rings (SSSR count). The largest absolute Gasteiger partial charge is 0.477 e. The fourth-order valence-corrected chi connectivity index (χ4v) is 0.985. The molecule has 13 heavy (non-hydrogen) atoms. The number of ether oxygens (including phenoxy) is 1. The van der Waals surface area contributed by atoms with E-state index in [2.05, 4.69) is 15.4 Å². The summed E-state index contributed by atoms with van der Waals surface area (Å²) >= 11 is 0. The maximum atomic E-state index is 5.43. The molecule has 0 amide bonds. The van der Waals surface area contributed by atoms with Crippen LogP contribution in [0.1, 0.15) is 12.8 Å². The first-order valence-corrected chi connectivity index (χ1v) is 4.30. The summed E-state index contributed by atoms with van der Waals surface area (Å²) in [5, 5.41) is 0. The maximum absolute atomic E-state index is 5.43. The molecule has 0 unspecified atom stereocenters. The van der Waals surface area contributed by atoms with Crippen molar-refractivity contribution >= 4 is 5.82 Å². The van der Waals surface area contributed by atoms with Gasteiger partial charge in [-0.1, -0.05) is 0 Å². The van der Waals surface area contributed by atoms with Crippen LogP contribution in [0.4, 0.5) is 5.82 Å². The van der Waals surface area contributed by atoms with E-state index in [1.165, 1.54) is 19.2 Å². The second-order valence-electron chi connectivity index (χ2n) is 3.14. The average molecular weight is 180 g/mol. The Morgan fingerprint density at radius 3 is 3.08 bits per heavy atom. The zero-order valence-corrected chi connectivity index (χ0v) is 7.23. The van der Waals surface area contributed by atoms with Gasteiger partial charge in [-0.15, -0.1) is 0 Å². The number of nitrogens with two attached hydrogens (primary N) is 1. The highest BCUT2D eigenvalue weighted by Gasteiger charge is 2.22. The van der Waals surface area contributed by atoms with Gasteiger partial charge in [0, 0.05) is 6.07 Å². The molecular weight excluding hydrogens is 168 g/mol. The number of nitrogen functional groups attached to an aromatic ring is 1. The van der Waals surface area contributed by atoms with Gasteiger partial charge in [-0.25, -0.2) is 15.8 Å². The monoisotopic (exact) mass is 180 g/mol. The van der Waals surface area contributed by atoms with Crippen molar-refractivity contribution < 1.29 is 4.74 Å². The van der Waals surface area contributed by atoms with Crippen LogP contribution in [-0.2, 0) is 0 Å². The third kappa shape index (κ3) is 2.29. The van der Waals surface area contributed by atoms with Crippen molar-refractivity contribution in [2.45, 2.75) is 12.8 Å². The van der Waals surface area contributed by atoms with Crippen LogP contribution < -0.4 is 16.0 Å². The van der Waals surface area contributed by atoms with Gasteiger partial charge in [0.15, 0.2) is 0 Å². The Bertz CT molecular complexity index is 287. The molecule has 5 heteroatoms. The molecule has 0 saturated heterocycles. The van der Waals surface area contributed by atoms with E-state index in [-0.39, 0.29) is 0 Å². The molecule has 5 nitrogen and oxygen atoms in total. The van der Waals surface area contributed by atoms with Gasteiger partial charge in [-0.05, 0) is 18.8 Å². The Kier molecular flexibility index (Phi) is 2.27. The van der Waals surface area contributed by atoms with Crippen molar-refractivity contribution in [3.05, 3.63) is 12.4 Å². The summed E-state index contributed by atoms with van der Waals surface area (Å²) < 4.78 is 5.43. The molecule has 1 aromatic heterocycles. The lowest BCUT2D eigenvalue weighted by molar-refractivity contribution is 0.288. The quantitative estimate of drug-likeness (QED) is 0.523. The second kappa shape index (κ2) is 3.57. The lowest BCUT2D eigenvalue weighted by Crippen LogP contribution is -2.09. The molecule has 1 aromatic rings. The van der Waals surface area contributed by atoms with Gasteiger partial charge < -0.3 is 10.2 Å². The van der Waals surface area contributed by atoms with E-state index in [0.717, 1.165) is 12.5 Å². The third-order valence-corrected chi connectivity index (χ3v) is 1.95. The van der Waals surface area contributed by atoms with Crippen LogP contribution in [0.3, 0.4) is 0 Å². The molecule has 70 valence electrons. The zero-order chi connectivity index (χ0) is 9.10. The van der Waals surface area contributed by atoms with E-state index >= 15 is 0 Å². The minimum Gasteiger partial charge on any atom is -0.477 e. The van der Waals surface area contributed by atoms with Crippen LogP contribution >= 0.6 is 0 Å². The summed E-state index contributed by atoms with van der Waals surface area (Å²) in [6, 6.07) is 1.68. The third-order valence-electron chi connectivity index (χ3n) is 1.95. The molecule has 3 N–H and O–H groups in total. The smallest absolute Gasteiger partial charge is 0.218 e. The Morgan fingerprint density at radius 1 is 1.54 bits per heavy atom. The molecule has 0 atom stereocenters. The highest BCUT2D eigenvalue weighted by Crippen LogP contribution is 2.29. The van der Waals surface area contributed by atoms with Crippen molar-refractivity contribution in [2.75, 3.05) is 12.0 Å². The molecule has 1 fully saturated rings. The molecule has 1 heterocycles. The van der Waals surface area contributed by atoms with Crippen LogP contribution in [0.15, 0.2) is 12.4 Å². The molecular formula is C8H12N4O. The first kappa shape index (κ1) is 8.25. The van der Waals surface area contributed by atoms with Crippen molar-refractivity contribution in [3.8, 4) is 5.88 Å². The predicted molar refractivity (Wildman–Crippen MR) is 48.1 cm³/mol. The van der Waals surface area contributed by atoms with Crippen molar-refractivity contribution in [1.29, 1.82) is 0 Å². The van der Waals surface area contributed by atoms with E-state index in [1.807, 2.05) is 0 Å². The van der Waals surface area contributed by atoms with Gasteiger partial charge in [0.25, 0.3) is 0 Å². The number of hydrazine groups is 1. The molecule has 1 saturated carbocycles. The summed E-state index contributed by atoms with van der Waals surface area (Å²) in [7, 11) is 0. The Balaban J connectivity index is 1.93. The van der Waals surface area contributed by atoms with Crippen LogP contribution in [0.25, 0.3) is 0 Å². The summed E-state index contributed by atoms with van der Waals surface area (Å²) in [5.74, 6) is 7.07. The average Bonchev–Trinajstić information content (AvgIpc) is 2.99. The standard InChI is InChI=1S/C8H12N4O/c9-12-7-3-8(11-5-10-7)13-4-6-1-2-6/h3,5-6H,1-2,4,9H2,(H,10,11,12). The van der Waals surface area contributed by atoms with E-state index < -0.39 is 0 Å². The molecule has 1 aliphatic rings. The number of hydrogen-bond acceptors (Lipinski definition) is 5. The minimum absolute atomic E-state index is 0.570. The van der Waals surface area contributed by atoms with Gasteiger partial charge in [-0.2, -0.15) is 0 Å². The van der Waals surface area contributed by atoms with Crippen molar-refractivity contribution in [2.24, 2.45) is 11.8 Å². The van der Waals surface area contributed by atoms with E-state index in [0.29, 0.717) is 11.7 Å². The fourth-order valence-electron chi connectivity index (χ4n) is 0.985. The molecule has 0 aromatic carbocycles. The van der Waals surface area contributed by atoms with Crippen molar-refractivity contribution in [1.82, 2.24) is 9.97 Å². The summed E-state index contributed by atoms with van der Waals surface area (Å²) in [6.45, 7) is 0.751. The van der Waals surface area contributed by atoms with Crippen LogP contribution in [0.2, 0.25) is 0 Å². The number of aromatic nitrogens is 2. The first-order valence-electron chi connectivity index (χ1n) is 4.30. The molecule has 0 aliphatic heterocycles. The molecule has 0 spiro atoms. The normalized spacial score (nSPS) is 15.5. The van der Waals surface area contributed by atoms with Crippen LogP contribution in [-0.4, -0.2) is 16.6 Å². The summed E-state index contributed by atoms with van der Waals surface area (Å²) in [6.07, 6.45) is 3.97. The Morgan fingerprint density at radius 2 is 2.38 bits per heavy atom. The van der Waals surface area contributed by atoms with Crippen molar-refractivity contribution in [3.63, 3.8) is 0 Å². The van der Waals surface area contributed by atoms with Crippen LogP contribution in [0, 0.1) is 5.92 Å². The first-order chi connectivity index (χ1) is 6.38. The van der Waals surface area contributed by atoms with E-state index in [4.69, 9.17) is 10.6 Å². The van der Waals surface area contributed by atoms with Gasteiger partial charge in [0.1, 0.15) is 12.1 Å². The second-order valence-corrected chi connectivity index (χ2v) is 3.14. The topological polar surface area (TPSA) is 73.1 Å². The lowest BCUT2D eigenvalue weighted by atomic mass is 10.5. The highest BCUT2D eigenvalue weighted by molar-refractivity contribution is 5.35. The minimum atomic E-state index is 0.570. The van der Waals surface area contributed by atoms with E-state index in [1.54, 1.807) is 6.07 Å². The summed E-state index contributed by atoms with van der Waals surface area (Å²) in [4.78, 5) is 7.83. The van der Waals surface area contributed by atoms with Gasteiger partial charge in [0.05, 0.1) is 6.61 Å². The number of anilines is 1. The number of nitrogens with one attached hydrogen (secondary N) is 1. The molecule has 0 radical (unpaired) electrons. The predicted octanol–water partition coefficient (Wildman–Crippen LogP) is 0.551. The Hall–Kier alpha value is -1.36. The Labute approximate surface area is 76.3 Å². The fraction of sp³-hybridized carbons (Fsp3) is 0.500. The highest BCUT2D eigenvalue weighted by atomic mass is 16.5. The lowest BCUT2D eigenvalue weighted by Gasteiger charge is -2.04. The molecule has 0 bridgehead atoms. The van der Waals surface area contributed by atoms with Crippen LogP contribution in [0.5, 0.6) is 5.88 Å². The number of rotatable bonds is 4. The van der Waals surface area contributed by atoms with Gasteiger partial charge >= 0.3 is 0 Å². The zero-order valence-electron chi connectivity index (χ0n) is 7.23. The SMILES string of the molecule is NNc1cc(OCC2CC2)ncn1. The maximum Gasteiger partial charge on any atom is 0.218 e. The molecule has 1 aliphatic carbocycles. The summed E-state index contributed by atoms with van der Waals surface area (Å²) in [5.41, 5.74) is 2.44. The number of nitrogens with zero attached hydrogens (tertiary/aromatic N) is 2. The van der Waals surface area contributed by atoms with Gasteiger partial charge in [-0.3, -0.25) is 0 Å². The van der Waals surface area contributed by atoms with E-state index in [9.17, 15) is 0 Å². The number of hydrogen-bond donors (Lipinski definition) is 2. The van der Waals surface area contributed by atoms with Gasteiger partial charge in [0.2, 0.25) is 5.88 Å².